The van der Waals surface area contributed by atoms with Crippen LogP contribution in [0.25, 0.3) is 0 Å². The van der Waals surface area contributed by atoms with Gasteiger partial charge in [0.2, 0.25) is 10.0 Å². The minimum atomic E-state index is -3.98. The van der Waals surface area contributed by atoms with Crippen molar-refractivity contribution in [3.05, 3.63) is 18.2 Å². The van der Waals surface area contributed by atoms with Gasteiger partial charge in [-0.25, -0.2) is 17.4 Å². The van der Waals surface area contributed by atoms with E-state index < -0.39 is 26.0 Å². The molecule has 1 aromatic carbocycles. The number of benzene rings is 1. The second-order valence-electron chi connectivity index (χ2n) is 7.60. The highest BCUT2D eigenvalue weighted by molar-refractivity contribution is 7.89. The number of para-hydroxylation sites is 1. The van der Waals surface area contributed by atoms with Gasteiger partial charge in [0.05, 0.1) is 11.7 Å². The van der Waals surface area contributed by atoms with E-state index in [0.29, 0.717) is 0 Å². The minimum absolute atomic E-state index is 0.0114. The van der Waals surface area contributed by atoms with Crippen molar-refractivity contribution >= 4 is 37.6 Å². The Balaban J connectivity index is 2.48. The summed E-state index contributed by atoms with van der Waals surface area (Å²) in [5.41, 5.74) is -0.245. The van der Waals surface area contributed by atoms with E-state index in [9.17, 15) is 21.9 Å². The Hall–Kier alpha value is -2.18. The predicted octanol–water partition coefficient (Wildman–Crippen LogP) is 1.13. The molecule has 1 aliphatic heterocycles. The molecule has 3 N–H and O–H groups in total. The van der Waals surface area contributed by atoms with Crippen LogP contribution < -0.4 is 10.0 Å². The fourth-order valence-corrected chi connectivity index (χ4v) is 3.88. The fraction of sp³-hybridized carbons (Fsp3) is 0.500. The molecule has 0 amide bonds. The zero-order valence-electron chi connectivity index (χ0n) is 16.5. The van der Waals surface area contributed by atoms with Crippen LogP contribution in [0.4, 0.5) is 5.69 Å². The Morgan fingerprint density at radius 1 is 1.29 bits per heavy atom. The summed E-state index contributed by atoms with van der Waals surface area (Å²) < 4.78 is 55.2. The number of aromatic hydroxyl groups is 1. The lowest BCUT2D eigenvalue weighted by Crippen LogP contribution is -2.34. The summed E-state index contributed by atoms with van der Waals surface area (Å²) in [5, 5.41) is 13.1. The van der Waals surface area contributed by atoms with Crippen molar-refractivity contribution in [2.75, 3.05) is 19.4 Å². The van der Waals surface area contributed by atoms with E-state index >= 15 is 0 Å². The van der Waals surface area contributed by atoms with Crippen molar-refractivity contribution in [1.29, 1.82) is 0 Å². The van der Waals surface area contributed by atoms with Gasteiger partial charge in [-0.1, -0.05) is 26.8 Å². The van der Waals surface area contributed by atoms with Crippen molar-refractivity contribution < 1.29 is 21.9 Å². The van der Waals surface area contributed by atoms with Crippen molar-refractivity contribution in [3.8, 4) is 5.75 Å². The summed E-state index contributed by atoms with van der Waals surface area (Å²) in [6.07, 6.45) is 0. The molecule has 12 heteroatoms. The topological polar surface area (TPSA) is 141 Å². The normalized spacial score (nSPS) is 19.4. The average molecular weight is 432 g/mol. The molecule has 1 aromatic rings. The van der Waals surface area contributed by atoms with Crippen LogP contribution >= 0.6 is 0 Å². The average Bonchev–Trinajstić information content (AvgIpc) is 2.81. The minimum Gasteiger partial charge on any atom is -0.504 e. The smallest absolute Gasteiger partial charge is 0.345 e. The maximum Gasteiger partial charge on any atom is 0.345 e. The van der Waals surface area contributed by atoms with Crippen LogP contribution in [0.2, 0.25) is 0 Å². The van der Waals surface area contributed by atoms with Crippen LogP contribution in [0.5, 0.6) is 5.75 Å². The summed E-state index contributed by atoms with van der Waals surface area (Å²) in [6, 6.07) is 3.83. The van der Waals surface area contributed by atoms with Gasteiger partial charge in [0, 0.05) is 14.1 Å². The Labute approximate surface area is 165 Å². The number of amidine groups is 2. The lowest BCUT2D eigenvalue weighted by atomic mass is 9.88. The molecule has 0 spiro atoms. The maximum atomic E-state index is 12.3. The molecule has 0 saturated carbocycles. The molecule has 0 saturated heterocycles. The third kappa shape index (κ3) is 4.62. The SMILES string of the molecule is C[C@H](N=C1NS(=O)(=O)N=C1Nc1cccc(S(=O)(=O)N(C)C)c1O)C(C)(C)C. The molecule has 156 valence electrons. The van der Waals surface area contributed by atoms with Crippen molar-refractivity contribution in [1.82, 2.24) is 9.03 Å². The van der Waals surface area contributed by atoms with Gasteiger partial charge in [0.25, 0.3) is 0 Å². The van der Waals surface area contributed by atoms with E-state index in [1.165, 1.54) is 32.3 Å². The third-order valence-corrected chi connectivity index (χ3v) is 6.97. The highest BCUT2D eigenvalue weighted by Crippen LogP contribution is 2.32. The largest absolute Gasteiger partial charge is 0.504 e. The number of phenols is 1. The first-order chi connectivity index (χ1) is 12.6. The molecule has 1 heterocycles. The zero-order valence-corrected chi connectivity index (χ0v) is 18.2. The monoisotopic (exact) mass is 431 g/mol. The number of rotatable bonds is 4. The quantitative estimate of drug-likeness (QED) is 0.611. The summed E-state index contributed by atoms with van der Waals surface area (Å²) in [5.74, 6) is -0.695. The van der Waals surface area contributed by atoms with Gasteiger partial charge in [0.1, 0.15) is 4.90 Å². The van der Waals surface area contributed by atoms with E-state index in [1.54, 1.807) is 0 Å². The molecule has 0 radical (unpaired) electrons. The number of hydrogen-bond acceptors (Lipinski definition) is 7. The summed E-state index contributed by atoms with van der Waals surface area (Å²) >= 11 is 0. The van der Waals surface area contributed by atoms with E-state index in [4.69, 9.17) is 0 Å². The van der Waals surface area contributed by atoms with Gasteiger partial charge < -0.3 is 10.4 Å². The lowest BCUT2D eigenvalue weighted by Gasteiger charge is -2.24. The molecule has 0 bridgehead atoms. The van der Waals surface area contributed by atoms with Crippen LogP contribution in [0, 0.1) is 5.41 Å². The van der Waals surface area contributed by atoms with Gasteiger partial charge in [-0.05, 0) is 24.5 Å². The Bertz CT molecular complexity index is 1040. The van der Waals surface area contributed by atoms with Gasteiger partial charge in [-0.15, -0.1) is 4.40 Å². The zero-order chi connectivity index (χ0) is 21.5. The number of aliphatic imine (C=N–C) groups is 1. The maximum absolute atomic E-state index is 12.3. The second-order valence-corrected chi connectivity index (χ2v) is 11.1. The van der Waals surface area contributed by atoms with Crippen LogP contribution in [0.1, 0.15) is 27.7 Å². The van der Waals surface area contributed by atoms with E-state index in [1.807, 2.05) is 27.7 Å². The van der Waals surface area contributed by atoms with Crippen LogP contribution in [-0.4, -0.2) is 58.1 Å². The molecule has 2 rings (SSSR count). The standard InChI is InChI=1S/C16H25N5O5S2/c1-10(16(2,3)4)17-14-15(20-28(25,26)19-14)18-11-8-7-9-12(13(11)22)27(23,24)21(5)6/h7-10,22H,1-6H3,(H,17,19)(H,18,20)/t10-/m0/s1. The molecule has 0 aromatic heterocycles. The van der Waals surface area contributed by atoms with Crippen molar-refractivity contribution in [2.24, 2.45) is 14.8 Å². The van der Waals surface area contributed by atoms with Gasteiger partial charge in [-0.3, -0.25) is 4.99 Å². The molecule has 0 aliphatic carbocycles. The molecular weight excluding hydrogens is 406 g/mol. The highest BCUT2D eigenvalue weighted by Gasteiger charge is 2.30. The molecule has 1 atom stereocenters. The molecular formula is C16H25N5O5S2. The molecule has 0 unspecified atom stereocenters. The molecule has 10 nitrogen and oxygen atoms in total. The first-order valence-corrected chi connectivity index (χ1v) is 11.3. The Morgan fingerprint density at radius 3 is 2.43 bits per heavy atom. The summed E-state index contributed by atoms with van der Waals surface area (Å²) in [6.45, 7) is 7.70. The molecule has 28 heavy (non-hydrogen) atoms. The number of nitrogens with zero attached hydrogens (tertiary/aromatic N) is 3. The number of sulfonamides is 1. The van der Waals surface area contributed by atoms with E-state index in [0.717, 1.165) is 4.31 Å². The second kappa shape index (κ2) is 7.33. The number of nitrogens with one attached hydrogen (secondary N) is 2. The Kier molecular flexibility index (Phi) is 5.79. The van der Waals surface area contributed by atoms with Gasteiger partial charge in [0.15, 0.2) is 17.4 Å². The summed E-state index contributed by atoms with van der Waals surface area (Å²) in [7, 11) is -5.21. The van der Waals surface area contributed by atoms with Gasteiger partial charge in [-0.2, -0.15) is 8.42 Å². The fourth-order valence-electron chi connectivity index (χ4n) is 2.07. The summed E-state index contributed by atoms with van der Waals surface area (Å²) in [4.78, 5) is 4.05. The predicted molar refractivity (Wildman–Crippen MR) is 108 cm³/mol. The highest BCUT2D eigenvalue weighted by atomic mass is 32.2. The van der Waals surface area contributed by atoms with Crippen molar-refractivity contribution in [3.63, 3.8) is 0 Å². The number of anilines is 1. The van der Waals surface area contributed by atoms with E-state index in [2.05, 4.69) is 19.4 Å². The van der Waals surface area contributed by atoms with Crippen LogP contribution in [0.3, 0.4) is 0 Å². The van der Waals surface area contributed by atoms with Crippen molar-refractivity contribution in [2.45, 2.75) is 38.6 Å². The van der Waals surface area contributed by atoms with E-state index in [-0.39, 0.29) is 33.7 Å². The number of phenolic OH excluding ortho intramolecular Hbond substituents is 1. The molecule has 0 fully saturated rings. The number of hydrogen-bond donors (Lipinski definition) is 3. The third-order valence-electron chi connectivity index (χ3n) is 4.25. The lowest BCUT2D eigenvalue weighted by molar-refractivity contribution is 0.342. The molecule has 1 aliphatic rings. The van der Waals surface area contributed by atoms with Gasteiger partial charge >= 0.3 is 10.2 Å². The first-order valence-electron chi connectivity index (χ1n) is 8.37. The first kappa shape index (κ1) is 22.1. The van der Waals surface area contributed by atoms with Crippen LogP contribution in [0.15, 0.2) is 32.5 Å². The Morgan fingerprint density at radius 2 is 1.89 bits per heavy atom. The van der Waals surface area contributed by atoms with Crippen LogP contribution in [-0.2, 0) is 20.2 Å².